The van der Waals surface area contributed by atoms with E-state index in [2.05, 4.69) is 5.32 Å². The molecule has 0 bridgehead atoms. The Balaban J connectivity index is 1.84. The Hall–Kier alpha value is -2.27. The Morgan fingerprint density at radius 1 is 1.05 bits per heavy atom. The van der Waals surface area contributed by atoms with Gasteiger partial charge in [-0.3, -0.25) is 0 Å². The molecule has 1 saturated heterocycles. The van der Waals surface area contributed by atoms with Crippen molar-refractivity contribution >= 4 is 0 Å². The molecular formula is C17H18FNO3. The van der Waals surface area contributed by atoms with Crippen LogP contribution < -0.4 is 5.32 Å². The van der Waals surface area contributed by atoms with E-state index in [0.717, 1.165) is 18.7 Å². The summed E-state index contributed by atoms with van der Waals surface area (Å²) in [4.78, 5) is 0. The van der Waals surface area contributed by atoms with Crippen LogP contribution in [0.3, 0.4) is 0 Å². The molecule has 2 atom stereocenters. The lowest BCUT2D eigenvalue weighted by Crippen LogP contribution is -2.14. The molecule has 1 aliphatic heterocycles. The number of hydrogen-bond acceptors (Lipinski definition) is 4. The number of nitrogens with one attached hydrogen (secondary N) is 1. The molecule has 1 fully saturated rings. The molecular weight excluding hydrogens is 285 g/mol. The summed E-state index contributed by atoms with van der Waals surface area (Å²) in [5.74, 6) is -0.874. The fourth-order valence-electron chi connectivity index (χ4n) is 3.12. The van der Waals surface area contributed by atoms with Crippen LogP contribution in [-0.2, 0) is 6.42 Å². The number of halogens is 1. The van der Waals surface area contributed by atoms with E-state index in [-0.39, 0.29) is 29.1 Å². The van der Waals surface area contributed by atoms with Gasteiger partial charge in [-0.1, -0.05) is 18.2 Å². The maximum Gasteiger partial charge on any atom is 0.165 e. The first-order valence-corrected chi connectivity index (χ1v) is 7.25. The van der Waals surface area contributed by atoms with E-state index in [4.69, 9.17) is 0 Å². The molecule has 3 rings (SSSR count). The molecule has 2 aromatic carbocycles. The fraction of sp³-hybridized carbons (Fsp3) is 0.294. The number of rotatable bonds is 3. The minimum Gasteiger partial charge on any atom is -0.505 e. The molecule has 0 aromatic heterocycles. The van der Waals surface area contributed by atoms with Gasteiger partial charge in [-0.25, -0.2) is 4.39 Å². The lowest BCUT2D eigenvalue weighted by molar-refractivity contribution is 0.401. The van der Waals surface area contributed by atoms with Gasteiger partial charge in [-0.15, -0.1) is 0 Å². The molecule has 0 spiro atoms. The number of hydrogen-bond donors (Lipinski definition) is 4. The van der Waals surface area contributed by atoms with E-state index in [1.54, 1.807) is 24.3 Å². The van der Waals surface area contributed by atoms with Crippen molar-refractivity contribution < 1.29 is 19.7 Å². The van der Waals surface area contributed by atoms with Crippen molar-refractivity contribution in [3.63, 3.8) is 0 Å². The summed E-state index contributed by atoms with van der Waals surface area (Å²) >= 11 is 0. The summed E-state index contributed by atoms with van der Waals surface area (Å²) in [6.45, 7) is 1.49. The molecule has 0 radical (unpaired) electrons. The van der Waals surface area contributed by atoms with Gasteiger partial charge in [0.15, 0.2) is 23.1 Å². The summed E-state index contributed by atoms with van der Waals surface area (Å²) in [6.07, 6.45) is 0.545. The zero-order chi connectivity index (χ0) is 15.7. The van der Waals surface area contributed by atoms with Crippen molar-refractivity contribution in [3.05, 3.63) is 53.3 Å². The molecule has 4 nitrogen and oxygen atoms in total. The van der Waals surface area contributed by atoms with Crippen LogP contribution in [-0.4, -0.2) is 28.4 Å². The van der Waals surface area contributed by atoms with Crippen LogP contribution >= 0.6 is 0 Å². The topological polar surface area (TPSA) is 72.7 Å². The first-order valence-electron chi connectivity index (χ1n) is 7.25. The lowest BCUT2D eigenvalue weighted by atomic mass is 9.84. The summed E-state index contributed by atoms with van der Waals surface area (Å²) in [7, 11) is 0. The monoisotopic (exact) mass is 303 g/mol. The minimum absolute atomic E-state index is 0.133. The smallest absolute Gasteiger partial charge is 0.165 e. The van der Waals surface area contributed by atoms with Crippen LogP contribution in [0.25, 0.3) is 0 Å². The molecule has 22 heavy (non-hydrogen) atoms. The Kier molecular flexibility index (Phi) is 3.90. The van der Waals surface area contributed by atoms with Gasteiger partial charge < -0.3 is 20.6 Å². The predicted octanol–water partition coefficient (Wildman–Crippen LogP) is 2.49. The Morgan fingerprint density at radius 3 is 2.64 bits per heavy atom. The van der Waals surface area contributed by atoms with Gasteiger partial charge in [0.25, 0.3) is 0 Å². The molecule has 0 amide bonds. The van der Waals surface area contributed by atoms with E-state index in [1.165, 1.54) is 12.1 Å². The highest BCUT2D eigenvalue weighted by Crippen LogP contribution is 2.36. The predicted molar refractivity (Wildman–Crippen MR) is 80.6 cm³/mol. The Labute approximate surface area is 127 Å². The molecule has 1 heterocycles. The van der Waals surface area contributed by atoms with E-state index in [1.807, 2.05) is 0 Å². The highest BCUT2D eigenvalue weighted by Gasteiger charge is 2.29. The van der Waals surface area contributed by atoms with Crippen LogP contribution in [0.4, 0.5) is 4.39 Å². The van der Waals surface area contributed by atoms with Crippen LogP contribution in [0.2, 0.25) is 0 Å². The van der Waals surface area contributed by atoms with Gasteiger partial charge in [-0.2, -0.15) is 0 Å². The van der Waals surface area contributed by atoms with E-state index < -0.39 is 5.82 Å². The SMILES string of the molecule is Oc1ccc([C@@H]2CNC[C@H]2Cc2cccc(F)c2O)cc1O. The molecule has 1 aliphatic rings. The number of phenolic OH excluding ortho intramolecular Hbond substituents is 3. The van der Waals surface area contributed by atoms with Gasteiger partial charge in [0.1, 0.15) is 0 Å². The van der Waals surface area contributed by atoms with Crippen molar-refractivity contribution in [2.45, 2.75) is 12.3 Å². The third-order valence-electron chi connectivity index (χ3n) is 4.32. The fourth-order valence-corrected chi connectivity index (χ4v) is 3.12. The second-order valence-corrected chi connectivity index (χ2v) is 5.72. The van der Waals surface area contributed by atoms with E-state index >= 15 is 0 Å². The second-order valence-electron chi connectivity index (χ2n) is 5.72. The lowest BCUT2D eigenvalue weighted by Gasteiger charge is -2.20. The first-order chi connectivity index (χ1) is 10.6. The third-order valence-corrected chi connectivity index (χ3v) is 4.32. The van der Waals surface area contributed by atoms with Crippen LogP contribution in [0.1, 0.15) is 17.0 Å². The maximum absolute atomic E-state index is 13.4. The largest absolute Gasteiger partial charge is 0.505 e. The molecule has 0 aliphatic carbocycles. The van der Waals surface area contributed by atoms with Crippen molar-refractivity contribution in [3.8, 4) is 17.2 Å². The summed E-state index contributed by atoms with van der Waals surface area (Å²) in [5, 5.41) is 32.2. The molecule has 0 saturated carbocycles. The first kappa shape index (κ1) is 14.7. The van der Waals surface area contributed by atoms with E-state index in [9.17, 15) is 19.7 Å². The highest BCUT2D eigenvalue weighted by atomic mass is 19.1. The highest BCUT2D eigenvalue weighted by molar-refractivity contribution is 5.42. The number of phenols is 3. The van der Waals surface area contributed by atoms with Gasteiger partial charge in [-0.05, 0) is 48.2 Å². The van der Waals surface area contributed by atoms with Gasteiger partial charge in [0.2, 0.25) is 0 Å². The number of aromatic hydroxyl groups is 3. The zero-order valence-corrected chi connectivity index (χ0v) is 12.0. The van der Waals surface area contributed by atoms with Crippen LogP contribution in [0.5, 0.6) is 17.2 Å². The molecule has 2 aromatic rings. The molecule has 0 unspecified atom stereocenters. The van der Waals surface area contributed by atoms with Crippen molar-refractivity contribution in [2.75, 3.05) is 13.1 Å². The van der Waals surface area contributed by atoms with Crippen molar-refractivity contribution in [2.24, 2.45) is 5.92 Å². The summed E-state index contributed by atoms with van der Waals surface area (Å²) in [5.41, 5.74) is 1.50. The number of benzene rings is 2. The molecule has 4 N–H and O–H groups in total. The number of para-hydroxylation sites is 1. The van der Waals surface area contributed by atoms with E-state index in [0.29, 0.717) is 12.0 Å². The quantitative estimate of drug-likeness (QED) is 0.657. The Morgan fingerprint density at radius 2 is 1.86 bits per heavy atom. The second kappa shape index (κ2) is 5.85. The average molecular weight is 303 g/mol. The normalized spacial score (nSPS) is 21.1. The zero-order valence-electron chi connectivity index (χ0n) is 12.0. The average Bonchev–Trinajstić information content (AvgIpc) is 2.95. The van der Waals surface area contributed by atoms with Crippen LogP contribution in [0, 0.1) is 11.7 Å². The van der Waals surface area contributed by atoms with Crippen molar-refractivity contribution in [1.29, 1.82) is 0 Å². The van der Waals surface area contributed by atoms with Crippen molar-refractivity contribution in [1.82, 2.24) is 5.32 Å². The van der Waals surface area contributed by atoms with Gasteiger partial charge >= 0.3 is 0 Å². The molecule has 116 valence electrons. The summed E-state index contributed by atoms with van der Waals surface area (Å²) < 4.78 is 13.4. The third kappa shape index (κ3) is 2.72. The Bertz CT molecular complexity index is 690. The van der Waals surface area contributed by atoms with Crippen LogP contribution in [0.15, 0.2) is 36.4 Å². The summed E-state index contributed by atoms with van der Waals surface area (Å²) in [6, 6.07) is 9.37. The minimum atomic E-state index is -0.609. The van der Waals surface area contributed by atoms with Gasteiger partial charge in [0.05, 0.1) is 0 Å². The van der Waals surface area contributed by atoms with Gasteiger partial charge in [0, 0.05) is 12.5 Å². The maximum atomic E-state index is 13.4. The standard InChI is InChI=1S/C17H18FNO3/c18-14-3-1-2-11(17(14)22)6-12-8-19-9-13(12)10-4-5-15(20)16(21)7-10/h1-5,7,12-13,19-22H,6,8-9H2/t12-,13+/m1/s1. The molecule has 5 heteroatoms.